The van der Waals surface area contributed by atoms with Gasteiger partial charge in [-0.15, -0.1) is 0 Å². The van der Waals surface area contributed by atoms with Gasteiger partial charge in [0, 0.05) is 32.0 Å². The monoisotopic (exact) mass is 317 g/mol. The number of rotatable bonds is 6. The van der Waals surface area contributed by atoms with Crippen molar-refractivity contribution in [3.05, 3.63) is 59.8 Å². The molecule has 0 atom stereocenters. The first-order valence-electron chi connectivity index (χ1n) is 7.74. The lowest BCUT2D eigenvalue weighted by Gasteiger charge is -2.26. The van der Waals surface area contributed by atoms with E-state index in [1.54, 1.807) is 13.3 Å². The van der Waals surface area contributed by atoms with E-state index in [2.05, 4.69) is 29.5 Å². The maximum absolute atomic E-state index is 13.0. The zero-order valence-corrected chi connectivity index (χ0v) is 13.9. The van der Waals surface area contributed by atoms with Crippen LogP contribution in [0.15, 0.2) is 52.1 Å². The molecule has 5 heteroatoms. The summed E-state index contributed by atoms with van der Waals surface area (Å²) in [4.78, 5) is 4.22. The first kappa shape index (κ1) is 17.1. The topological polar surface area (TPSA) is 49.6 Å². The minimum absolute atomic E-state index is 0.133. The standard InChI is InChI=1S/C18H24FN3O/c1-18(2,14-6-8-15(19)9-7-14)13-22-17(20-3)21-11-10-16-5-4-12-23-16/h4-9,12H,10-11,13H2,1-3H3,(H2,20,21,22). The van der Waals surface area contributed by atoms with E-state index in [9.17, 15) is 4.39 Å². The molecule has 0 bridgehead atoms. The zero-order chi connectivity index (χ0) is 16.7. The van der Waals surface area contributed by atoms with Crippen molar-refractivity contribution < 1.29 is 8.81 Å². The van der Waals surface area contributed by atoms with Crippen LogP contribution in [0.25, 0.3) is 0 Å². The summed E-state index contributed by atoms with van der Waals surface area (Å²) >= 11 is 0. The van der Waals surface area contributed by atoms with Crippen LogP contribution in [-0.4, -0.2) is 26.1 Å². The Labute approximate surface area is 136 Å². The van der Waals surface area contributed by atoms with Gasteiger partial charge in [-0.1, -0.05) is 26.0 Å². The molecule has 2 aromatic rings. The average Bonchev–Trinajstić information content (AvgIpc) is 3.04. The molecule has 0 spiro atoms. The van der Waals surface area contributed by atoms with Gasteiger partial charge >= 0.3 is 0 Å². The minimum Gasteiger partial charge on any atom is -0.469 e. The fourth-order valence-corrected chi connectivity index (χ4v) is 2.29. The Kier molecular flexibility index (Phi) is 5.79. The lowest BCUT2D eigenvalue weighted by molar-refractivity contribution is 0.499. The molecule has 0 aliphatic heterocycles. The summed E-state index contributed by atoms with van der Waals surface area (Å²) < 4.78 is 18.3. The Morgan fingerprint density at radius 2 is 1.91 bits per heavy atom. The molecule has 0 saturated carbocycles. The van der Waals surface area contributed by atoms with Crippen LogP contribution in [-0.2, 0) is 11.8 Å². The largest absolute Gasteiger partial charge is 0.469 e. The summed E-state index contributed by atoms with van der Waals surface area (Å²) in [5.74, 6) is 1.47. The van der Waals surface area contributed by atoms with Gasteiger partial charge in [-0.05, 0) is 29.8 Å². The third kappa shape index (κ3) is 5.13. The highest BCUT2D eigenvalue weighted by atomic mass is 19.1. The molecule has 23 heavy (non-hydrogen) atoms. The first-order valence-corrected chi connectivity index (χ1v) is 7.74. The van der Waals surface area contributed by atoms with Crippen molar-refractivity contribution in [2.45, 2.75) is 25.7 Å². The van der Waals surface area contributed by atoms with Crippen molar-refractivity contribution in [3.8, 4) is 0 Å². The molecule has 0 aliphatic rings. The molecule has 1 heterocycles. The summed E-state index contributed by atoms with van der Waals surface area (Å²) in [7, 11) is 1.74. The third-order valence-corrected chi connectivity index (χ3v) is 3.79. The van der Waals surface area contributed by atoms with Crippen LogP contribution >= 0.6 is 0 Å². The van der Waals surface area contributed by atoms with Crippen LogP contribution < -0.4 is 10.6 Å². The Morgan fingerprint density at radius 1 is 1.17 bits per heavy atom. The van der Waals surface area contributed by atoms with Gasteiger partial charge < -0.3 is 15.1 Å². The van der Waals surface area contributed by atoms with Gasteiger partial charge in [0.05, 0.1) is 6.26 Å². The van der Waals surface area contributed by atoms with Crippen LogP contribution in [0.4, 0.5) is 4.39 Å². The Bertz CT molecular complexity index is 618. The molecular formula is C18H24FN3O. The Balaban J connectivity index is 1.83. The van der Waals surface area contributed by atoms with Crippen molar-refractivity contribution in [1.82, 2.24) is 10.6 Å². The van der Waals surface area contributed by atoms with Crippen molar-refractivity contribution in [3.63, 3.8) is 0 Å². The second-order valence-electron chi connectivity index (χ2n) is 6.07. The van der Waals surface area contributed by atoms with Crippen LogP contribution in [0.5, 0.6) is 0 Å². The van der Waals surface area contributed by atoms with Crippen molar-refractivity contribution in [2.75, 3.05) is 20.1 Å². The number of halogens is 1. The van der Waals surface area contributed by atoms with E-state index in [0.29, 0.717) is 6.54 Å². The molecular weight excluding hydrogens is 293 g/mol. The molecule has 0 aliphatic carbocycles. The number of hydrogen-bond donors (Lipinski definition) is 2. The highest BCUT2D eigenvalue weighted by Gasteiger charge is 2.20. The lowest BCUT2D eigenvalue weighted by Crippen LogP contribution is -2.44. The number of guanidine groups is 1. The van der Waals surface area contributed by atoms with Gasteiger partial charge in [0.2, 0.25) is 0 Å². The average molecular weight is 317 g/mol. The van der Waals surface area contributed by atoms with Gasteiger partial charge in [-0.2, -0.15) is 0 Å². The van der Waals surface area contributed by atoms with E-state index in [1.165, 1.54) is 12.1 Å². The van der Waals surface area contributed by atoms with E-state index >= 15 is 0 Å². The molecule has 4 nitrogen and oxygen atoms in total. The SMILES string of the molecule is CN=C(NCCc1ccco1)NCC(C)(C)c1ccc(F)cc1. The van der Waals surface area contributed by atoms with Gasteiger partial charge in [0.1, 0.15) is 11.6 Å². The zero-order valence-electron chi connectivity index (χ0n) is 13.9. The summed E-state index contributed by atoms with van der Waals surface area (Å²) in [6, 6.07) is 10.5. The predicted octanol–water partition coefficient (Wildman–Crippen LogP) is 3.10. The van der Waals surface area contributed by atoms with Crippen molar-refractivity contribution >= 4 is 5.96 Å². The second kappa shape index (κ2) is 7.81. The van der Waals surface area contributed by atoms with Crippen LogP contribution in [0.1, 0.15) is 25.2 Å². The van der Waals surface area contributed by atoms with Gasteiger partial charge in [-0.3, -0.25) is 4.99 Å². The Morgan fingerprint density at radius 3 is 2.52 bits per heavy atom. The number of nitrogens with one attached hydrogen (secondary N) is 2. The number of furan rings is 1. The molecule has 0 fully saturated rings. The van der Waals surface area contributed by atoms with Gasteiger partial charge in [-0.25, -0.2) is 4.39 Å². The number of aliphatic imine (C=N–C) groups is 1. The quantitative estimate of drug-likeness (QED) is 0.636. The number of hydrogen-bond acceptors (Lipinski definition) is 2. The van der Waals surface area contributed by atoms with Crippen LogP contribution in [0.2, 0.25) is 0 Å². The van der Waals surface area contributed by atoms with E-state index in [-0.39, 0.29) is 11.2 Å². The van der Waals surface area contributed by atoms with Gasteiger partial charge in [0.25, 0.3) is 0 Å². The van der Waals surface area contributed by atoms with Crippen LogP contribution in [0.3, 0.4) is 0 Å². The van der Waals surface area contributed by atoms with E-state index in [4.69, 9.17) is 4.42 Å². The lowest BCUT2D eigenvalue weighted by atomic mass is 9.84. The second-order valence-corrected chi connectivity index (χ2v) is 6.07. The molecule has 0 radical (unpaired) electrons. The maximum atomic E-state index is 13.0. The minimum atomic E-state index is -0.215. The molecule has 1 aromatic heterocycles. The summed E-state index contributed by atoms with van der Waals surface area (Å²) in [6.45, 7) is 5.66. The molecule has 0 amide bonds. The normalized spacial score (nSPS) is 12.3. The molecule has 1 aromatic carbocycles. The first-order chi connectivity index (χ1) is 11.0. The summed E-state index contributed by atoms with van der Waals surface area (Å²) in [6.07, 6.45) is 2.47. The molecule has 124 valence electrons. The van der Waals surface area contributed by atoms with Crippen LogP contribution in [0, 0.1) is 5.82 Å². The summed E-state index contributed by atoms with van der Waals surface area (Å²) in [5.41, 5.74) is 0.948. The van der Waals surface area contributed by atoms with Crippen molar-refractivity contribution in [2.24, 2.45) is 4.99 Å². The van der Waals surface area contributed by atoms with E-state index < -0.39 is 0 Å². The molecule has 0 saturated heterocycles. The highest BCUT2D eigenvalue weighted by Crippen LogP contribution is 2.22. The predicted molar refractivity (Wildman–Crippen MR) is 91.2 cm³/mol. The molecule has 0 unspecified atom stereocenters. The molecule has 2 N–H and O–H groups in total. The molecule has 2 rings (SSSR count). The Hall–Kier alpha value is -2.30. The maximum Gasteiger partial charge on any atom is 0.191 e. The third-order valence-electron chi connectivity index (χ3n) is 3.79. The van der Waals surface area contributed by atoms with Crippen molar-refractivity contribution in [1.29, 1.82) is 0 Å². The smallest absolute Gasteiger partial charge is 0.191 e. The number of nitrogens with zero attached hydrogens (tertiary/aromatic N) is 1. The fraction of sp³-hybridized carbons (Fsp3) is 0.389. The fourth-order valence-electron chi connectivity index (χ4n) is 2.29. The van der Waals surface area contributed by atoms with Gasteiger partial charge in [0.15, 0.2) is 5.96 Å². The summed E-state index contributed by atoms with van der Waals surface area (Å²) in [5, 5.41) is 6.58. The highest BCUT2D eigenvalue weighted by molar-refractivity contribution is 5.79. The van der Waals surface area contributed by atoms with E-state index in [0.717, 1.165) is 30.2 Å². The number of benzene rings is 1. The van der Waals surface area contributed by atoms with E-state index in [1.807, 2.05) is 24.3 Å².